The highest BCUT2D eigenvalue weighted by Gasteiger charge is 2.08. The Bertz CT molecular complexity index is 284. The molecule has 0 aliphatic rings. The molecule has 84 valence electrons. The van der Waals surface area contributed by atoms with Crippen LogP contribution in [0.1, 0.15) is 31.9 Å². The van der Waals surface area contributed by atoms with Gasteiger partial charge in [-0.3, -0.25) is 0 Å². The number of rotatable bonds is 5. The predicted octanol–water partition coefficient (Wildman–Crippen LogP) is 1.81. The SMILES string of the molecule is CC(CCO)NC(C)c1ccc(O)cc1. The summed E-state index contributed by atoms with van der Waals surface area (Å²) in [6.45, 7) is 4.32. The smallest absolute Gasteiger partial charge is 0.115 e. The first-order valence-electron chi connectivity index (χ1n) is 5.29. The second kappa shape index (κ2) is 5.73. The van der Waals surface area contributed by atoms with Gasteiger partial charge in [-0.1, -0.05) is 12.1 Å². The number of hydrogen-bond acceptors (Lipinski definition) is 3. The van der Waals surface area contributed by atoms with Gasteiger partial charge in [0, 0.05) is 18.7 Å². The molecule has 1 aromatic carbocycles. The van der Waals surface area contributed by atoms with Crippen LogP contribution in [-0.2, 0) is 0 Å². The summed E-state index contributed by atoms with van der Waals surface area (Å²) in [4.78, 5) is 0. The van der Waals surface area contributed by atoms with Crippen molar-refractivity contribution in [3.05, 3.63) is 29.8 Å². The van der Waals surface area contributed by atoms with E-state index in [0.717, 1.165) is 12.0 Å². The molecule has 0 aliphatic heterocycles. The first-order valence-corrected chi connectivity index (χ1v) is 5.29. The minimum absolute atomic E-state index is 0.205. The van der Waals surface area contributed by atoms with Crippen molar-refractivity contribution in [2.75, 3.05) is 6.61 Å². The van der Waals surface area contributed by atoms with Crippen molar-refractivity contribution in [3.63, 3.8) is 0 Å². The molecule has 2 unspecified atom stereocenters. The Morgan fingerprint density at radius 2 is 1.80 bits per heavy atom. The largest absolute Gasteiger partial charge is 0.508 e. The molecule has 0 bridgehead atoms. The van der Waals surface area contributed by atoms with Gasteiger partial charge in [0.2, 0.25) is 0 Å². The van der Waals surface area contributed by atoms with Gasteiger partial charge >= 0.3 is 0 Å². The van der Waals surface area contributed by atoms with Crippen molar-refractivity contribution >= 4 is 0 Å². The summed E-state index contributed by atoms with van der Waals surface area (Å²) in [5.74, 6) is 0.286. The lowest BCUT2D eigenvalue weighted by Gasteiger charge is -2.19. The summed E-state index contributed by atoms with van der Waals surface area (Å²) < 4.78 is 0. The van der Waals surface area contributed by atoms with Crippen LogP contribution in [-0.4, -0.2) is 22.9 Å². The van der Waals surface area contributed by atoms with Gasteiger partial charge in [-0.05, 0) is 38.0 Å². The lowest BCUT2D eigenvalue weighted by molar-refractivity contribution is 0.264. The summed E-state index contributed by atoms with van der Waals surface area (Å²) in [5, 5.41) is 21.3. The van der Waals surface area contributed by atoms with Crippen LogP contribution in [0, 0.1) is 0 Å². The Balaban J connectivity index is 2.53. The van der Waals surface area contributed by atoms with Crippen molar-refractivity contribution in [1.82, 2.24) is 5.32 Å². The van der Waals surface area contributed by atoms with Crippen molar-refractivity contribution in [3.8, 4) is 5.75 Å². The van der Waals surface area contributed by atoms with E-state index in [1.165, 1.54) is 0 Å². The normalized spacial score (nSPS) is 14.9. The molecule has 0 spiro atoms. The third-order valence-corrected chi connectivity index (χ3v) is 2.49. The topological polar surface area (TPSA) is 52.5 Å². The summed E-state index contributed by atoms with van der Waals surface area (Å²) in [5.41, 5.74) is 1.14. The zero-order chi connectivity index (χ0) is 11.3. The first kappa shape index (κ1) is 12.0. The van der Waals surface area contributed by atoms with E-state index in [9.17, 15) is 0 Å². The lowest BCUT2D eigenvalue weighted by Crippen LogP contribution is -2.29. The number of aromatic hydroxyl groups is 1. The van der Waals surface area contributed by atoms with Gasteiger partial charge in [-0.15, -0.1) is 0 Å². The fraction of sp³-hybridized carbons (Fsp3) is 0.500. The van der Waals surface area contributed by atoms with Crippen molar-refractivity contribution in [1.29, 1.82) is 0 Å². The Morgan fingerprint density at radius 1 is 1.20 bits per heavy atom. The fourth-order valence-electron chi connectivity index (χ4n) is 1.56. The predicted molar refractivity (Wildman–Crippen MR) is 60.8 cm³/mol. The minimum atomic E-state index is 0.205. The number of hydrogen-bond donors (Lipinski definition) is 3. The molecule has 3 heteroatoms. The molecule has 0 saturated heterocycles. The van der Waals surface area contributed by atoms with E-state index in [1.807, 2.05) is 19.1 Å². The highest BCUT2D eigenvalue weighted by Crippen LogP contribution is 2.16. The average Bonchev–Trinajstić information content (AvgIpc) is 2.18. The molecule has 1 aromatic rings. The molecule has 0 heterocycles. The van der Waals surface area contributed by atoms with E-state index in [-0.39, 0.29) is 18.4 Å². The van der Waals surface area contributed by atoms with Gasteiger partial charge in [0.1, 0.15) is 5.75 Å². The van der Waals surface area contributed by atoms with E-state index in [1.54, 1.807) is 12.1 Å². The van der Waals surface area contributed by atoms with Crippen LogP contribution < -0.4 is 5.32 Å². The maximum Gasteiger partial charge on any atom is 0.115 e. The van der Waals surface area contributed by atoms with Gasteiger partial charge < -0.3 is 15.5 Å². The van der Waals surface area contributed by atoms with Gasteiger partial charge in [-0.2, -0.15) is 0 Å². The zero-order valence-corrected chi connectivity index (χ0v) is 9.27. The average molecular weight is 209 g/mol. The first-order chi connectivity index (χ1) is 7.13. The lowest BCUT2D eigenvalue weighted by atomic mass is 10.1. The Hall–Kier alpha value is -1.06. The Labute approximate surface area is 90.8 Å². The number of phenolic OH excluding ortho intramolecular Hbond substituents is 1. The van der Waals surface area contributed by atoms with Crippen LogP contribution in [0.25, 0.3) is 0 Å². The van der Waals surface area contributed by atoms with Crippen molar-refractivity contribution in [2.24, 2.45) is 0 Å². The minimum Gasteiger partial charge on any atom is -0.508 e. The molecule has 3 nitrogen and oxygen atoms in total. The molecule has 0 amide bonds. The summed E-state index contributed by atoms with van der Waals surface area (Å²) in [7, 11) is 0. The summed E-state index contributed by atoms with van der Waals surface area (Å²) in [6, 6.07) is 7.69. The van der Waals surface area contributed by atoms with Crippen LogP contribution >= 0.6 is 0 Å². The molecular weight excluding hydrogens is 190 g/mol. The monoisotopic (exact) mass is 209 g/mol. The fourth-order valence-corrected chi connectivity index (χ4v) is 1.56. The molecule has 0 saturated carbocycles. The number of aliphatic hydroxyl groups is 1. The number of nitrogens with one attached hydrogen (secondary N) is 1. The van der Waals surface area contributed by atoms with Gasteiger partial charge in [0.05, 0.1) is 0 Å². The van der Waals surface area contributed by atoms with Crippen molar-refractivity contribution < 1.29 is 10.2 Å². The molecule has 0 aliphatic carbocycles. The Kier molecular flexibility index (Phi) is 4.59. The van der Waals surface area contributed by atoms with Crippen LogP contribution in [0.4, 0.5) is 0 Å². The summed E-state index contributed by atoms with van der Waals surface area (Å²) >= 11 is 0. The molecule has 1 rings (SSSR count). The molecule has 0 aromatic heterocycles. The highest BCUT2D eigenvalue weighted by atomic mass is 16.3. The maximum atomic E-state index is 9.15. The van der Waals surface area contributed by atoms with Gasteiger partial charge in [0.15, 0.2) is 0 Å². The van der Waals surface area contributed by atoms with E-state index in [4.69, 9.17) is 10.2 Å². The molecule has 0 fully saturated rings. The number of aliphatic hydroxyl groups excluding tert-OH is 1. The molecule has 3 N–H and O–H groups in total. The maximum absolute atomic E-state index is 9.15. The second-order valence-electron chi connectivity index (χ2n) is 3.89. The van der Waals surface area contributed by atoms with Crippen LogP contribution in [0.2, 0.25) is 0 Å². The number of benzene rings is 1. The molecule has 2 atom stereocenters. The molecule has 0 radical (unpaired) electrons. The van der Waals surface area contributed by atoms with E-state index >= 15 is 0 Å². The van der Waals surface area contributed by atoms with Crippen LogP contribution in [0.15, 0.2) is 24.3 Å². The molecular formula is C12H19NO2. The summed E-state index contributed by atoms with van der Waals surface area (Å²) in [6.07, 6.45) is 0.752. The Morgan fingerprint density at radius 3 is 2.33 bits per heavy atom. The van der Waals surface area contributed by atoms with Crippen molar-refractivity contribution in [2.45, 2.75) is 32.4 Å². The number of phenols is 1. The van der Waals surface area contributed by atoms with Gasteiger partial charge in [-0.25, -0.2) is 0 Å². The van der Waals surface area contributed by atoms with Crippen LogP contribution in [0.5, 0.6) is 5.75 Å². The van der Waals surface area contributed by atoms with E-state index in [2.05, 4.69) is 12.2 Å². The van der Waals surface area contributed by atoms with Gasteiger partial charge in [0.25, 0.3) is 0 Å². The zero-order valence-electron chi connectivity index (χ0n) is 9.27. The standard InChI is InChI=1S/C12H19NO2/c1-9(7-8-14)13-10(2)11-3-5-12(15)6-4-11/h3-6,9-10,13-15H,7-8H2,1-2H3. The molecule has 15 heavy (non-hydrogen) atoms. The third kappa shape index (κ3) is 3.90. The van der Waals surface area contributed by atoms with E-state index in [0.29, 0.717) is 6.04 Å². The highest BCUT2D eigenvalue weighted by molar-refractivity contribution is 5.27. The van der Waals surface area contributed by atoms with E-state index < -0.39 is 0 Å². The quantitative estimate of drug-likeness (QED) is 0.693. The second-order valence-corrected chi connectivity index (χ2v) is 3.89. The van der Waals surface area contributed by atoms with Crippen LogP contribution in [0.3, 0.4) is 0 Å². The third-order valence-electron chi connectivity index (χ3n) is 2.49.